The summed E-state index contributed by atoms with van der Waals surface area (Å²) in [7, 11) is 0. The fraction of sp³-hybridized carbons (Fsp3) is 0.0909. The third kappa shape index (κ3) is 4.28. The van der Waals surface area contributed by atoms with Gasteiger partial charge in [-0.15, -0.1) is 0 Å². The van der Waals surface area contributed by atoms with E-state index in [0.717, 1.165) is 55.2 Å². The minimum absolute atomic E-state index is 0.220. The quantitative estimate of drug-likeness (QED) is 0.235. The van der Waals surface area contributed by atoms with Crippen LogP contribution in [0.1, 0.15) is 19.4 Å². The first-order valence-corrected chi connectivity index (χ1v) is 12.6. The normalized spacial score (nSPS) is 11.8. The summed E-state index contributed by atoms with van der Waals surface area (Å²) in [6.07, 6.45) is 5.15. The molecule has 1 amide bonds. The van der Waals surface area contributed by atoms with Crippen molar-refractivity contribution in [3.05, 3.63) is 109 Å². The molecule has 1 N–H and O–H groups in total. The molecule has 0 spiro atoms. The van der Waals surface area contributed by atoms with Crippen molar-refractivity contribution in [2.24, 2.45) is 0 Å². The predicted octanol–water partition coefficient (Wildman–Crippen LogP) is 8.24. The van der Waals surface area contributed by atoms with Gasteiger partial charge in [0.2, 0.25) is 5.91 Å². The Bertz CT molecular complexity index is 1840. The number of nitrogens with one attached hydrogen (secondary N) is 1. The molecule has 0 bridgehead atoms. The first-order valence-electron chi connectivity index (χ1n) is 12.6. The predicted molar refractivity (Wildman–Crippen MR) is 154 cm³/mol. The molecule has 0 atom stereocenters. The van der Waals surface area contributed by atoms with Crippen LogP contribution in [0.3, 0.4) is 0 Å². The second-order valence-corrected chi connectivity index (χ2v) is 9.15. The van der Waals surface area contributed by atoms with E-state index < -0.39 is 0 Å². The number of hydrogen-bond donors (Lipinski definition) is 1. The molecule has 0 radical (unpaired) electrons. The van der Waals surface area contributed by atoms with E-state index in [0.29, 0.717) is 12.4 Å². The van der Waals surface area contributed by atoms with Gasteiger partial charge in [0.05, 0.1) is 24.1 Å². The van der Waals surface area contributed by atoms with E-state index in [1.165, 1.54) is 5.39 Å². The monoisotopic (exact) mass is 498 g/mol. The number of amides is 1. The fourth-order valence-corrected chi connectivity index (χ4v) is 4.96. The second kappa shape index (κ2) is 9.87. The number of anilines is 1. The third-order valence-corrected chi connectivity index (χ3v) is 6.73. The Morgan fingerprint density at radius 2 is 1.74 bits per heavy atom. The van der Waals surface area contributed by atoms with Crippen LogP contribution in [-0.2, 0) is 4.79 Å². The van der Waals surface area contributed by atoms with Crippen LogP contribution in [-0.4, -0.2) is 17.5 Å². The summed E-state index contributed by atoms with van der Waals surface area (Å²) in [6, 6.07) is 28.1. The maximum atomic E-state index is 13.1. The molecule has 5 nitrogen and oxygen atoms in total. The van der Waals surface area contributed by atoms with Crippen LogP contribution in [0.2, 0.25) is 0 Å². The topological polar surface area (TPSA) is 64.4 Å². The van der Waals surface area contributed by atoms with E-state index in [1.54, 1.807) is 18.5 Å². The van der Waals surface area contributed by atoms with Crippen molar-refractivity contribution in [2.75, 3.05) is 11.9 Å². The number of furan rings is 1. The van der Waals surface area contributed by atoms with Crippen LogP contribution >= 0.6 is 0 Å². The van der Waals surface area contributed by atoms with Gasteiger partial charge in [-0.25, -0.2) is 0 Å². The largest absolute Gasteiger partial charge is 0.493 e. The van der Waals surface area contributed by atoms with Crippen LogP contribution in [0.25, 0.3) is 49.3 Å². The van der Waals surface area contributed by atoms with E-state index in [4.69, 9.17) is 9.15 Å². The zero-order chi connectivity index (χ0) is 26.1. The number of carbonyl (C=O) groups is 1. The van der Waals surface area contributed by atoms with Crippen molar-refractivity contribution in [1.29, 1.82) is 0 Å². The Hall–Kier alpha value is -4.90. The maximum Gasteiger partial charge on any atom is 0.248 e. The number of nitrogens with zero attached hydrogens (tertiary/aromatic N) is 1. The number of allylic oxidation sites excluding steroid dienone is 1. The Kier molecular flexibility index (Phi) is 6.10. The van der Waals surface area contributed by atoms with Crippen molar-refractivity contribution in [3.8, 4) is 16.9 Å². The fourth-order valence-electron chi connectivity index (χ4n) is 4.96. The molecule has 0 fully saturated rings. The van der Waals surface area contributed by atoms with Crippen LogP contribution in [0.5, 0.6) is 5.75 Å². The van der Waals surface area contributed by atoms with Crippen LogP contribution in [0, 0.1) is 0 Å². The van der Waals surface area contributed by atoms with Gasteiger partial charge in [-0.2, -0.15) is 0 Å². The van der Waals surface area contributed by atoms with E-state index >= 15 is 0 Å². The van der Waals surface area contributed by atoms with Crippen molar-refractivity contribution >= 4 is 49.8 Å². The van der Waals surface area contributed by atoms with Gasteiger partial charge < -0.3 is 14.5 Å². The molecule has 6 rings (SSSR count). The summed E-state index contributed by atoms with van der Waals surface area (Å²) in [6.45, 7) is 4.36. The average molecular weight is 499 g/mol. The first-order chi connectivity index (χ1) is 18.6. The summed E-state index contributed by atoms with van der Waals surface area (Å²) in [4.78, 5) is 17.5. The molecule has 2 heterocycles. The smallest absolute Gasteiger partial charge is 0.248 e. The van der Waals surface area contributed by atoms with Gasteiger partial charge in [-0.3, -0.25) is 9.78 Å². The van der Waals surface area contributed by atoms with Crippen LogP contribution in [0.15, 0.2) is 108 Å². The van der Waals surface area contributed by atoms with Gasteiger partial charge in [0, 0.05) is 40.2 Å². The molecule has 186 valence electrons. The van der Waals surface area contributed by atoms with Gasteiger partial charge in [-0.1, -0.05) is 48.5 Å². The lowest BCUT2D eigenvalue weighted by molar-refractivity contribution is -0.111. The van der Waals surface area contributed by atoms with Gasteiger partial charge in [0.15, 0.2) is 0 Å². The molecule has 4 aromatic carbocycles. The van der Waals surface area contributed by atoms with Crippen molar-refractivity contribution in [3.63, 3.8) is 0 Å². The molecule has 0 aliphatic heterocycles. The summed E-state index contributed by atoms with van der Waals surface area (Å²) in [5.41, 5.74) is 6.02. The lowest BCUT2D eigenvalue weighted by atomic mass is 9.96. The van der Waals surface area contributed by atoms with E-state index in [2.05, 4.69) is 46.7 Å². The number of ether oxygens (including phenoxy) is 1. The number of benzene rings is 4. The number of aromatic nitrogens is 1. The van der Waals surface area contributed by atoms with Crippen molar-refractivity contribution in [2.45, 2.75) is 13.8 Å². The molecule has 0 aliphatic rings. The van der Waals surface area contributed by atoms with E-state index in [1.807, 2.05) is 62.4 Å². The number of rotatable bonds is 6. The van der Waals surface area contributed by atoms with Crippen molar-refractivity contribution in [1.82, 2.24) is 4.98 Å². The molecule has 0 unspecified atom stereocenters. The third-order valence-electron chi connectivity index (χ3n) is 6.73. The molecule has 0 aliphatic carbocycles. The molecule has 6 aromatic rings. The summed E-state index contributed by atoms with van der Waals surface area (Å²) < 4.78 is 12.0. The molecular weight excluding hydrogens is 472 g/mol. The zero-order valence-electron chi connectivity index (χ0n) is 21.2. The Morgan fingerprint density at radius 1 is 0.921 bits per heavy atom. The molecular formula is C33H26N2O3. The Morgan fingerprint density at radius 3 is 2.63 bits per heavy atom. The Balaban J connectivity index is 1.41. The molecule has 2 aromatic heterocycles. The summed E-state index contributed by atoms with van der Waals surface area (Å²) in [5, 5.41) is 7.20. The summed E-state index contributed by atoms with van der Waals surface area (Å²) >= 11 is 0. The van der Waals surface area contributed by atoms with E-state index in [-0.39, 0.29) is 5.91 Å². The average Bonchev–Trinajstić information content (AvgIpc) is 3.35. The number of carbonyl (C=O) groups excluding carboxylic acids is 1. The number of fused-ring (bicyclic) bond motifs is 3. The molecule has 38 heavy (non-hydrogen) atoms. The molecule has 0 saturated heterocycles. The minimum atomic E-state index is -0.220. The highest BCUT2D eigenvalue weighted by atomic mass is 16.5. The highest BCUT2D eigenvalue weighted by Gasteiger charge is 2.17. The van der Waals surface area contributed by atoms with Gasteiger partial charge in [0.25, 0.3) is 0 Å². The highest BCUT2D eigenvalue weighted by Crippen LogP contribution is 2.39. The van der Waals surface area contributed by atoms with E-state index in [9.17, 15) is 4.79 Å². The van der Waals surface area contributed by atoms with Gasteiger partial charge in [0.1, 0.15) is 11.3 Å². The highest BCUT2D eigenvalue weighted by molar-refractivity contribution is 6.09. The second-order valence-electron chi connectivity index (χ2n) is 9.15. The lowest BCUT2D eigenvalue weighted by Crippen LogP contribution is -2.09. The Labute approximate surface area is 220 Å². The minimum Gasteiger partial charge on any atom is -0.493 e. The maximum absolute atomic E-state index is 13.1. The molecule has 5 heteroatoms. The first kappa shape index (κ1) is 23.5. The lowest BCUT2D eigenvalue weighted by Gasteiger charge is -2.12. The van der Waals surface area contributed by atoms with Gasteiger partial charge in [-0.05, 0) is 66.1 Å². The van der Waals surface area contributed by atoms with Crippen LogP contribution in [0.4, 0.5) is 5.69 Å². The number of pyridine rings is 1. The van der Waals surface area contributed by atoms with Crippen LogP contribution < -0.4 is 10.1 Å². The standard InChI is InChI=1S/C33H26N2O3/c1-3-37-31-19-32-27(28(20-38-32)24-12-6-10-22-9-4-5-11-23(22)24)18-26(31)21(2)17-33(36)35-30-15-7-14-29-25(30)13-8-16-34-29/h4-20H,3H2,1-2H3,(H,35,36)/b21-17+. The molecule has 0 saturated carbocycles. The SMILES string of the molecule is CCOc1cc2occ(-c3cccc4ccccc34)c2cc1/C(C)=C/C(=O)Nc1cccc2ncccc12. The zero-order valence-corrected chi connectivity index (χ0v) is 21.2. The van der Waals surface area contributed by atoms with Crippen molar-refractivity contribution < 1.29 is 13.9 Å². The summed E-state index contributed by atoms with van der Waals surface area (Å²) in [5.74, 6) is 0.456. The number of hydrogen-bond acceptors (Lipinski definition) is 4. The van der Waals surface area contributed by atoms with Gasteiger partial charge >= 0.3 is 0 Å².